The van der Waals surface area contributed by atoms with E-state index in [1.54, 1.807) is 0 Å². The summed E-state index contributed by atoms with van der Waals surface area (Å²) in [6, 6.07) is 10.6. The van der Waals surface area contributed by atoms with Gasteiger partial charge in [0.05, 0.1) is 10.2 Å². The van der Waals surface area contributed by atoms with Gasteiger partial charge in [0, 0.05) is 12.1 Å². The Labute approximate surface area is 118 Å². The number of halogens is 3. The van der Waals surface area contributed by atoms with E-state index in [1.807, 2.05) is 12.1 Å². The lowest BCUT2D eigenvalue weighted by Gasteiger charge is -2.14. The van der Waals surface area contributed by atoms with Gasteiger partial charge in [-0.3, -0.25) is 0 Å². The Morgan fingerprint density at radius 3 is 2.26 bits per heavy atom. The highest BCUT2D eigenvalue weighted by Crippen LogP contribution is 2.28. The van der Waals surface area contributed by atoms with E-state index in [0.29, 0.717) is 0 Å². The second-order valence-corrected chi connectivity index (χ2v) is 5.62. The van der Waals surface area contributed by atoms with Gasteiger partial charge in [-0.2, -0.15) is 0 Å². The minimum absolute atomic E-state index is 0.118. The summed E-state index contributed by atoms with van der Waals surface area (Å²) in [6.45, 7) is 0. The summed E-state index contributed by atoms with van der Waals surface area (Å²) in [5, 5.41) is 3.09. The Morgan fingerprint density at radius 2 is 1.63 bits per heavy atom. The molecule has 1 aliphatic rings. The third-order valence-electron chi connectivity index (χ3n) is 3.42. The number of nitrogens with one attached hydrogen (secondary N) is 1. The predicted molar refractivity (Wildman–Crippen MR) is 75.3 cm³/mol. The third kappa shape index (κ3) is 2.50. The number of rotatable bonds is 2. The van der Waals surface area contributed by atoms with Crippen molar-refractivity contribution in [3.8, 4) is 0 Å². The molecule has 98 valence electrons. The van der Waals surface area contributed by atoms with Crippen LogP contribution in [0.1, 0.15) is 11.1 Å². The fourth-order valence-electron chi connectivity index (χ4n) is 2.51. The Balaban J connectivity index is 1.79. The summed E-state index contributed by atoms with van der Waals surface area (Å²) >= 11 is 2.97. The SMILES string of the molecule is Fc1cc(NC2Cc3ccccc3C2)c(F)cc1Br. The van der Waals surface area contributed by atoms with Crippen LogP contribution in [-0.2, 0) is 12.8 Å². The first-order valence-electron chi connectivity index (χ1n) is 6.11. The van der Waals surface area contributed by atoms with Crippen molar-refractivity contribution >= 4 is 21.6 Å². The van der Waals surface area contributed by atoms with E-state index in [0.717, 1.165) is 18.9 Å². The molecule has 0 radical (unpaired) electrons. The van der Waals surface area contributed by atoms with Gasteiger partial charge in [0.2, 0.25) is 0 Å². The molecule has 4 heteroatoms. The van der Waals surface area contributed by atoms with Crippen LogP contribution in [0.2, 0.25) is 0 Å². The van der Waals surface area contributed by atoms with Crippen molar-refractivity contribution in [1.29, 1.82) is 0 Å². The number of benzene rings is 2. The van der Waals surface area contributed by atoms with Gasteiger partial charge in [-0.05, 0) is 46.0 Å². The summed E-state index contributed by atoms with van der Waals surface area (Å²) in [5.74, 6) is -0.899. The molecule has 19 heavy (non-hydrogen) atoms. The van der Waals surface area contributed by atoms with E-state index >= 15 is 0 Å². The van der Waals surface area contributed by atoms with Crippen molar-refractivity contribution in [3.63, 3.8) is 0 Å². The molecule has 0 fully saturated rings. The highest BCUT2D eigenvalue weighted by Gasteiger charge is 2.22. The minimum atomic E-state index is -0.459. The van der Waals surface area contributed by atoms with E-state index < -0.39 is 11.6 Å². The topological polar surface area (TPSA) is 12.0 Å². The Kier molecular flexibility index (Phi) is 3.27. The van der Waals surface area contributed by atoms with E-state index in [9.17, 15) is 8.78 Å². The smallest absolute Gasteiger partial charge is 0.147 e. The zero-order valence-corrected chi connectivity index (χ0v) is 11.7. The Morgan fingerprint density at radius 1 is 1.00 bits per heavy atom. The zero-order chi connectivity index (χ0) is 13.4. The molecule has 1 aliphatic carbocycles. The van der Waals surface area contributed by atoms with Crippen LogP contribution in [0.25, 0.3) is 0 Å². The Bertz CT molecular complexity index is 603. The molecule has 0 aliphatic heterocycles. The Hall–Kier alpha value is -1.42. The molecule has 0 aromatic heterocycles. The van der Waals surface area contributed by atoms with Gasteiger partial charge in [-0.15, -0.1) is 0 Å². The van der Waals surface area contributed by atoms with Crippen LogP contribution in [-0.4, -0.2) is 6.04 Å². The highest BCUT2D eigenvalue weighted by molar-refractivity contribution is 9.10. The second kappa shape index (κ2) is 4.93. The standard InChI is InChI=1S/C15H12BrF2N/c16-12-7-14(18)15(8-13(12)17)19-11-5-9-3-1-2-4-10(9)6-11/h1-4,7-8,11,19H,5-6H2. The molecule has 0 unspecified atom stereocenters. The van der Waals surface area contributed by atoms with Crippen LogP contribution in [0, 0.1) is 11.6 Å². The normalized spacial score (nSPS) is 14.5. The summed E-state index contributed by atoms with van der Waals surface area (Å²) in [5.41, 5.74) is 2.77. The van der Waals surface area contributed by atoms with Gasteiger partial charge >= 0.3 is 0 Å². The fourth-order valence-corrected chi connectivity index (χ4v) is 2.83. The van der Waals surface area contributed by atoms with Crippen molar-refractivity contribution in [1.82, 2.24) is 0 Å². The summed E-state index contributed by atoms with van der Waals surface area (Å²) in [4.78, 5) is 0. The quantitative estimate of drug-likeness (QED) is 0.812. The molecule has 1 N–H and O–H groups in total. The van der Waals surface area contributed by atoms with E-state index in [4.69, 9.17) is 0 Å². The predicted octanol–water partition coefficient (Wildman–Crippen LogP) is 4.31. The highest BCUT2D eigenvalue weighted by atomic mass is 79.9. The average Bonchev–Trinajstić information content (AvgIpc) is 2.78. The maximum absolute atomic E-state index is 13.8. The van der Waals surface area contributed by atoms with Crippen LogP contribution in [0.3, 0.4) is 0 Å². The molecule has 0 saturated carbocycles. The zero-order valence-electron chi connectivity index (χ0n) is 10.1. The molecule has 2 aromatic rings. The van der Waals surface area contributed by atoms with Crippen molar-refractivity contribution < 1.29 is 8.78 Å². The minimum Gasteiger partial charge on any atom is -0.379 e. The summed E-state index contributed by atoms with van der Waals surface area (Å²) < 4.78 is 27.3. The average molecular weight is 324 g/mol. The molecule has 1 nitrogen and oxygen atoms in total. The van der Waals surface area contributed by atoms with Crippen molar-refractivity contribution in [2.75, 3.05) is 5.32 Å². The molecule has 0 heterocycles. The number of hydrogen-bond donors (Lipinski definition) is 1. The monoisotopic (exact) mass is 323 g/mol. The molecule has 0 saturated heterocycles. The largest absolute Gasteiger partial charge is 0.379 e. The van der Waals surface area contributed by atoms with E-state index in [-0.39, 0.29) is 16.2 Å². The first kappa shape index (κ1) is 12.6. The first-order valence-corrected chi connectivity index (χ1v) is 6.90. The number of fused-ring (bicyclic) bond motifs is 1. The van der Waals surface area contributed by atoms with Gasteiger partial charge in [0.25, 0.3) is 0 Å². The maximum atomic E-state index is 13.8. The number of hydrogen-bond acceptors (Lipinski definition) is 1. The summed E-state index contributed by atoms with van der Waals surface area (Å²) in [6.07, 6.45) is 1.68. The van der Waals surface area contributed by atoms with Crippen LogP contribution in [0.4, 0.5) is 14.5 Å². The molecule has 0 bridgehead atoms. The van der Waals surface area contributed by atoms with Crippen molar-refractivity contribution in [2.24, 2.45) is 0 Å². The molecular weight excluding hydrogens is 312 g/mol. The van der Waals surface area contributed by atoms with E-state index in [2.05, 4.69) is 33.4 Å². The van der Waals surface area contributed by atoms with E-state index in [1.165, 1.54) is 17.2 Å². The maximum Gasteiger partial charge on any atom is 0.147 e. The molecule has 0 spiro atoms. The van der Waals surface area contributed by atoms with Crippen LogP contribution in [0.5, 0.6) is 0 Å². The number of anilines is 1. The lowest BCUT2D eigenvalue weighted by Crippen LogP contribution is -2.20. The molecular formula is C15H12BrF2N. The molecule has 2 aromatic carbocycles. The molecule has 3 rings (SSSR count). The molecule has 0 atom stereocenters. The van der Waals surface area contributed by atoms with Crippen LogP contribution in [0.15, 0.2) is 40.9 Å². The fraction of sp³-hybridized carbons (Fsp3) is 0.200. The van der Waals surface area contributed by atoms with Gasteiger partial charge in [-0.1, -0.05) is 24.3 Å². The first-order chi connectivity index (χ1) is 9.13. The van der Waals surface area contributed by atoms with Gasteiger partial charge in [0.1, 0.15) is 11.6 Å². The third-order valence-corrected chi connectivity index (χ3v) is 4.03. The van der Waals surface area contributed by atoms with Crippen molar-refractivity contribution in [2.45, 2.75) is 18.9 Å². The lowest BCUT2D eigenvalue weighted by atomic mass is 10.1. The van der Waals surface area contributed by atoms with Gasteiger partial charge in [0.15, 0.2) is 0 Å². The lowest BCUT2D eigenvalue weighted by molar-refractivity contribution is 0.593. The summed E-state index contributed by atoms with van der Waals surface area (Å²) in [7, 11) is 0. The molecule has 0 amide bonds. The van der Waals surface area contributed by atoms with Gasteiger partial charge < -0.3 is 5.32 Å². The second-order valence-electron chi connectivity index (χ2n) is 4.76. The van der Waals surface area contributed by atoms with Crippen molar-refractivity contribution in [3.05, 3.63) is 63.6 Å². The van der Waals surface area contributed by atoms with Crippen LogP contribution >= 0.6 is 15.9 Å². The van der Waals surface area contributed by atoms with Crippen LogP contribution < -0.4 is 5.32 Å². The van der Waals surface area contributed by atoms with Gasteiger partial charge in [-0.25, -0.2) is 8.78 Å².